The quantitative estimate of drug-likeness (QED) is 0.366. The Morgan fingerprint density at radius 1 is 1.09 bits per heavy atom. The first-order chi connectivity index (χ1) is 16.7. The predicted octanol–water partition coefficient (Wildman–Crippen LogP) is 4.36. The van der Waals surface area contributed by atoms with Crippen LogP contribution in [0.15, 0.2) is 30.4 Å². The lowest BCUT2D eigenvalue weighted by Gasteiger charge is -2.32. The Hall–Kier alpha value is -2.38. The fraction of sp³-hybridized carbons (Fsp3) is 0.538. The fourth-order valence-corrected chi connectivity index (χ4v) is 5.10. The Morgan fingerprint density at radius 2 is 1.71 bits per heavy atom. The first kappa shape index (κ1) is 27.2. The molecule has 0 saturated carbocycles. The maximum Gasteiger partial charge on any atom is 0.243 e. The third kappa shape index (κ3) is 6.25. The second kappa shape index (κ2) is 12.0. The Balaban J connectivity index is 1.79. The fourth-order valence-electron chi connectivity index (χ4n) is 4.63. The van der Waals surface area contributed by atoms with Crippen LogP contribution in [-0.4, -0.2) is 52.1 Å². The van der Waals surface area contributed by atoms with Crippen molar-refractivity contribution < 1.29 is 19.2 Å². The monoisotopic (exact) mass is 521 g/mol. The van der Waals surface area contributed by atoms with Gasteiger partial charge in [0.1, 0.15) is 6.04 Å². The van der Waals surface area contributed by atoms with E-state index in [0.717, 1.165) is 6.42 Å². The van der Waals surface area contributed by atoms with Gasteiger partial charge in [0, 0.05) is 35.6 Å². The van der Waals surface area contributed by atoms with Crippen LogP contribution < -0.4 is 5.32 Å². The molecule has 190 valence electrons. The number of nitrogens with zero attached hydrogens (tertiary/aromatic N) is 2. The number of hydrogen-bond donors (Lipinski definition) is 1. The number of fused-ring (bicyclic) bond motifs is 1. The molecule has 2 unspecified atom stereocenters. The summed E-state index contributed by atoms with van der Waals surface area (Å²) in [5, 5.41) is 3.83. The number of allylic oxidation sites excluding steroid dienone is 2. The van der Waals surface area contributed by atoms with Crippen molar-refractivity contribution in [3.8, 4) is 0 Å². The lowest BCUT2D eigenvalue weighted by Crippen LogP contribution is -2.51. The molecule has 3 rings (SSSR count). The summed E-state index contributed by atoms with van der Waals surface area (Å²) < 4.78 is 0. The molecular weight excluding hydrogens is 489 g/mol. The molecule has 9 heteroatoms. The number of carbonyl (C=O) groups excluding carboxylic acids is 4. The number of nitrogens with one attached hydrogen (secondary N) is 1. The van der Waals surface area contributed by atoms with Gasteiger partial charge >= 0.3 is 0 Å². The SMILES string of the molecule is CCC(C)NC(=O)C(CC)N(Cc1ccc(Cl)cc1Cl)C(=O)CCN1C(=O)[C@H]2CC=CC[C@H]2C1=O. The molecule has 0 spiro atoms. The van der Waals surface area contributed by atoms with Crippen molar-refractivity contribution in [2.24, 2.45) is 11.8 Å². The third-order valence-electron chi connectivity index (χ3n) is 6.89. The maximum absolute atomic E-state index is 13.5. The van der Waals surface area contributed by atoms with E-state index in [4.69, 9.17) is 23.2 Å². The molecule has 1 aromatic rings. The zero-order chi connectivity index (χ0) is 25.7. The van der Waals surface area contributed by atoms with Gasteiger partial charge in [0.2, 0.25) is 23.6 Å². The number of imide groups is 1. The highest BCUT2D eigenvalue weighted by Gasteiger charge is 2.47. The average molecular weight is 522 g/mol. The van der Waals surface area contributed by atoms with Gasteiger partial charge in [0.05, 0.1) is 11.8 Å². The van der Waals surface area contributed by atoms with Crippen LogP contribution in [0.5, 0.6) is 0 Å². The maximum atomic E-state index is 13.5. The Kier molecular flexibility index (Phi) is 9.36. The molecule has 1 fully saturated rings. The van der Waals surface area contributed by atoms with Crippen LogP contribution in [0, 0.1) is 11.8 Å². The molecule has 1 aromatic carbocycles. The van der Waals surface area contributed by atoms with Crippen molar-refractivity contribution in [1.82, 2.24) is 15.1 Å². The molecule has 7 nitrogen and oxygen atoms in total. The van der Waals surface area contributed by atoms with Gasteiger partial charge in [-0.3, -0.25) is 24.1 Å². The van der Waals surface area contributed by atoms with Crippen LogP contribution in [0.1, 0.15) is 58.4 Å². The highest BCUT2D eigenvalue weighted by atomic mass is 35.5. The minimum Gasteiger partial charge on any atom is -0.352 e. The second-order valence-corrected chi connectivity index (χ2v) is 10.1. The summed E-state index contributed by atoms with van der Waals surface area (Å²) in [5.41, 5.74) is 0.657. The molecule has 35 heavy (non-hydrogen) atoms. The van der Waals surface area contributed by atoms with Crippen LogP contribution in [0.3, 0.4) is 0 Å². The Morgan fingerprint density at radius 3 is 2.26 bits per heavy atom. The van der Waals surface area contributed by atoms with Crippen molar-refractivity contribution in [1.29, 1.82) is 0 Å². The van der Waals surface area contributed by atoms with Crippen LogP contribution in [0.25, 0.3) is 0 Å². The lowest BCUT2D eigenvalue weighted by atomic mass is 9.85. The van der Waals surface area contributed by atoms with Gasteiger partial charge in [0.25, 0.3) is 0 Å². The zero-order valence-corrected chi connectivity index (χ0v) is 21.9. The molecule has 4 amide bonds. The molecule has 0 bridgehead atoms. The summed E-state index contributed by atoms with van der Waals surface area (Å²) >= 11 is 12.4. The third-order valence-corrected chi connectivity index (χ3v) is 7.48. The first-order valence-corrected chi connectivity index (χ1v) is 13.0. The first-order valence-electron chi connectivity index (χ1n) is 12.2. The molecule has 1 saturated heterocycles. The largest absolute Gasteiger partial charge is 0.352 e. The van der Waals surface area contributed by atoms with E-state index in [9.17, 15) is 19.2 Å². The molecular formula is C26H33Cl2N3O4. The lowest BCUT2D eigenvalue weighted by molar-refractivity contribution is -0.144. The number of amides is 4. The molecule has 0 radical (unpaired) electrons. The smallest absolute Gasteiger partial charge is 0.243 e. The van der Waals surface area contributed by atoms with Crippen LogP contribution in [0.4, 0.5) is 0 Å². The second-order valence-electron chi connectivity index (χ2n) is 9.23. The van der Waals surface area contributed by atoms with Gasteiger partial charge in [-0.1, -0.05) is 55.3 Å². The number of rotatable bonds is 10. The summed E-state index contributed by atoms with van der Waals surface area (Å²) in [6.45, 7) is 5.83. The minimum absolute atomic E-state index is 0.00222. The van der Waals surface area contributed by atoms with E-state index in [1.54, 1.807) is 18.2 Å². The van der Waals surface area contributed by atoms with Crippen LogP contribution >= 0.6 is 23.2 Å². The Bertz CT molecular complexity index is 986. The zero-order valence-electron chi connectivity index (χ0n) is 20.4. The molecule has 1 aliphatic heterocycles. The van der Waals surface area contributed by atoms with E-state index in [1.807, 2.05) is 32.9 Å². The molecule has 0 aromatic heterocycles. The van der Waals surface area contributed by atoms with E-state index < -0.39 is 6.04 Å². The summed E-state index contributed by atoms with van der Waals surface area (Å²) in [7, 11) is 0. The van der Waals surface area contributed by atoms with E-state index in [-0.39, 0.29) is 61.0 Å². The van der Waals surface area contributed by atoms with Crippen molar-refractivity contribution in [3.63, 3.8) is 0 Å². The summed E-state index contributed by atoms with van der Waals surface area (Å²) in [6.07, 6.45) is 6.05. The average Bonchev–Trinajstić information content (AvgIpc) is 3.08. The number of hydrogen-bond acceptors (Lipinski definition) is 4. The van der Waals surface area contributed by atoms with Crippen molar-refractivity contribution in [2.45, 2.75) is 71.5 Å². The summed E-state index contributed by atoms with van der Waals surface area (Å²) in [4.78, 5) is 54.9. The molecule has 1 aliphatic carbocycles. The van der Waals surface area contributed by atoms with Gasteiger partial charge in [0.15, 0.2) is 0 Å². The van der Waals surface area contributed by atoms with E-state index in [1.165, 1.54) is 9.80 Å². The van der Waals surface area contributed by atoms with Gasteiger partial charge in [-0.2, -0.15) is 0 Å². The topological polar surface area (TPSA) is 86.8 Å². The van der Waals surface area contributed by atoms with Gasteiger partial charge in [-0.15, -0.1) is 0 Å². The number of likely N-dealkylation sites (tertiary alicyclic amines) is 1. The standard InChI is InChI=1S/C26H33Cl2N3O4/c1-4-16(3)29-24(33)22(5-2)31(15-17-10-11-18(27)14-21(17)28)23(32)12-13-30-25(34)19-8-6-7-9-20(19)26(30)35/h6-7,10-11,14,16,19-20,22H,4-5,8-9,12-13,15H2,1-3H3,(H,29,33)/t16?,19-,20+,22?. The normalized spacial score (nSPS) is 21.0. The summed E-state index contributed by atoms with van der Waals surface area (Å²) in [5.74, 6) is -1.67. The number of benzene rings is 1. The van der Waals surface area contributed by atoms with Gasteiger partial charge < -0.3 is 10.2 Å². The Labute approximate surface area is 216 Å². The van der Waals surface area contributed by atoms with Gasteiger partial charge in [-0.05, 0) is 50.3 Å². The molecule has 4 atom stereocenters. The summed E-state index contributed by atoms with van der Waals surface area (Å²) in [6, 6.07) is 4.25. The van der Waals surface area contributed by atoms with E-state index in [0.29, 0.717) is 34.9 Å². The highest BCUT2D eigenvalue weighted by Crippen LogP contribution is 2.35. The van der Waals surface area contributed by atoms with Crippen LogP contribution in [-0.2, 0) is 25.7 Å². The highest BCUT2D eigenvalue weighted by molar-refractivity contribution is 6.35. The predicted molar refractivity (Wildman–Crippen MR) is 136 cm³/mol. The van der Waals surface area contributed by atoms with E-state index in [2.05, 4.69) is 5.32 Å². The van der Waals surface area contributed by atoms with E-state index >= 15 is 0 Å². The number of carbonyl (C=O) groups is 4. The van der Waals surface area contributed by atoms with Crippen molar-refractivity contribution in [3.05, 3.63) is 46.0 Å². The van der Waals surface area contributed by atoms with Crippen LogP contribution in [0.2, 0.25) is 10.0 Å². The van der Waals surface area contributed by atoms with Crippen molar-refractivity contribution >= 4 is 46.8 Å². The van der Waals surface area contributed by atoms with Crippen molar-refractivity contribution in [2.75, 3.05) is 6.54 Å². The number of halogens is 2. The van der Waals surface area contributed by atoms with Gasteiger partial charge in [-0.25, -0.2) is 0 Å². The molecule has 2 aliphatic rings. The molecule has 1 N–H and O–H groups in total. The minimum atomic E-state index is -0.722. The molecule has 1 heterocycles.